The molecule has 15 rings (SSSR count). The second-order valence-electron chi connectivity index (χ2n) is 23.9. The first-order chi connectivity index (χ1) is 35.4. The van der Waals surface area contributed by atoms with E-state index in [-0.39, 0.29) is 27.3 Å². The topological polar surface area (TPSA) is 32.3 Å². The van der Waals surface area contributed by atoms with Gasteiger partial charge in [-0.3, -0.25) is 0 Å². The Bertz CT molecular complexity index is 4010. The average molecular weight is 947 g/mol. The summed E-state index contributed by atoms with van der Waals surface area (Å²) in [5.41, 5.74) is 15.9. The van der Waals surface area contributed by atoms with Crippen molar-refractivity contribution in [3.8, 4) is 33.4 Å². The number of fused-ring (bicyclic) bond motifs is 16. The molecule has 0 spiro atoms. The summed E-state index contributed by atoms with van der Waals surface area (Å²) in [6.45, 7) is 15.0. The van der Waals surface area contributed by atoms with E-state index in [1.165, 1.54) is 149 Å². The Labute approximate surface area is 429 Å². The summed E-state index contributed by atoms with van der Waals surface area (Å²) in [6.07, 6.45) is 13.6. The van der Waals surface area contributed by atoms with Crippen molar-refractivity contribution in [2.75, 3.05) is 9.80 Å². The maximum absolute atomic E-state index is 5.15. The molecule has 4 heteroatoms. The largest absolute Gasteiger partial charge is 0.319 e. The molecule has 0 radical (unpaired) electrons. The lowest BCUT2D eigenvalue weighted by molar-refractivity contribution is 0.194. The van der Waals surface area contributed by atoms with Crippen LogP contribution in [0, 0.1) is 0 Å². The van der Waals surface area contributed by atoms with Crippen LogP contribution >= 0.6 is 0 Å². The van der Waals surface area contributed by atoms with Crippen LogP contribution in [0.5, 0.6) is 0 Å². The fourth-order valence-electron chi connectivity index (χ4n) is 15.9. The van der Waals surface area contributed by atoms with Crippen molar-refractivity contribution in [2.24, 2.45) is 0 Å². The Balaban J connectivity index is 0.841. The van der Waals surface area contributed by atoms with Crippen LogP contribution in [0.15, 0.2) is 170 Å². The van der Waals surface area contributed by atoms with Crippen molar-refractivity contribution in [2.45, 2.75) is 120 Å². The predicted octanol–water partition coefficient (Wildman–Crippen LogP) is 18.2. The monoisotopic (exact) mass is 946 g/mol. The first-order valence-electron chi connectivity index (χ1n) is 27.1. The van der Waals surface area contributed by atoms with Gasteiger partial charge in [-0.15, -0.1) is 0 Å². The van der Waals surface area contributed by atoms with Crippen molar-refractivity contribution < 1.29 is 0 Å². The molecule has 73 heavy (non-hydrogen) atoms. The molecular formula is C69H62N4. The molecule has 4 heterocycles. The normalized spacial score (nSPS) is 24.4. The van der Waals surface area contributed by atoms with Crippen LogP contribution in [0.4, 0.5) is 23.0 Å². The van der Waals surface area contributed by atoms with Crippen molar-refractivity contribution in [1.29, 1.82) is 0 Å². The molecular weight excluding hydrogens is 885 g/mol. The van der Waals surface area contributed by atoms with E-state index in [0.29, 0.717) is 0 Å². The number of pyridine rings is 2. The third-order valence-electron chi connectivity index (χ3n) is 20.2. The van der Waals surface area contributed by atoms with Crippen LogP contribution in [-0.4, -0.2) is 21.0 Å². The van der Waals surface area contributed by atoms with E-state index in [0.717, 1.165) is 24.5 Å². The Morgan fingerprint density at radius 2 is 0.836 bits per heavy atom. The molecule has 2 aliphatic heterocycles. The highest BCUT2D eigenvalue weighted by atomic mass is 15.3. The highest BCUT2D eigenvalue weighted by Crippen LogP contribution is 2.64. The zero-order valence-electron chi connectivity index (χ0n) is 43.1. The summed E-state index contributed by atoms with van der Waals surface area (Å²) in [5, 5.41) is 10.3. The molecule has 0 amide bonds. The number of rotatable bonds is 4. The molecule has 4 unspecified atom stereocenters. The molecule has 3 aliphatic carbocycles. The van der Waals surface area contributed by atoms with E-state index in [1.54, 1.807) is 0 Å². The number of benzene rings is 8. The van der Waals surface area contributed by atoms with E-state index in [1.807, 2.05) is 12.4 Å². The van der Waals surface area contributed by atoms with E-state index < -0.39 is 0 Å². The lowest BCUT2D eigenvalue weighted by atomic mass is 9.61. The maximum Gasteiger partial charge on any atom is 0.141 e. The predicted molar refractivity (Wildman–Crippen MR) is 306 cm³/mol. The van der Waals surface area contributed by atoms with Gasteiger partial charge in [-0.1, -0.05) is 163 Å². The van der Waals surface area contributed by atoms with Gasteiger partial charge >= 0.3 is 0 Å². The number of nitrogens with zero attached hydrogens (tertiary/aromatic N) is 4. The third-order valence-corrected chi connectivity index (χ3v) is 20.2. The molecule has 2 saturated carbocycles. The summed E-state index contributed by atoms with van der Waals surface area (Å²) < 4.78 is 0. The average Bonchev–Trinajstić information content (AvgIpc) is 3.90. The number of hydrogen-bond acceptors (Lipinski definition) is 4. The van der Waals surface area contributed by atoms with Crippen LogP contribution in [-0.2, 0) is 16.2 Å². The van der Waals surface area contributed by atoms with Crippen LogP contribution in [0.1, 0.15) is 115 Å². The molecule has 8 aromatic carbocycles. The van der Waals surface area contributed by atoms with Gasteiger partial charge in [0, 0.05) is 50.8 Å². The fourth-order valence-corrected chi connectivity index (χ4v) is 15.9. The lowest BCUT2D eigenvalue weighted by Gasteiger charge is -2.50. The highest BCUT2D eigenvalue weighted by molar-refractivity contribution is 6.19. The molecule has 2 fully saturated rings. The smallest absolute Gasteiger partial charge is 0.141 e. The second kappa shape index (κ2) is 14.9. The minimum atomic E-state index is -0.224. The van der Waals surface area contributed by atoms with E-state index in [2.05, 4.69) is 209 Å². The van der Waals surface area contributed by atoms with Crippen molar-refractivity contribution in [1.82, 2.24) is 9.97 Å². The van der Waals surface area contributed by atoms with Crippen LogP contribution < -0.4 is 9.80 Å². The van der Waals surface area contributed by atoms with Crippen molar-refractivity contribution >= 4 is 66.1 Å². The quantitative estimate of drug-likeness (QED) is 0.165. The first kappa shape index (κ1) is 43.3. The van der Waals surface area contributed by atoms with Gasteiger partial charge in [0.2, 0.25) is 0 Å². The number of aromatic nitrogens is 2. The summed E-state index contributed by atoms with van der Waals surface area (Å²) in [5.74, 6) is 2.16. The molecule has 0 N–H and O–H groups in total. The maximum atomic E-state index is 5.15. The zero-order chi connectivity index (χ0) is 49.2. The number of hydrogen-bond donors (Lipinski definition) is 0. The summed E-state index contributed by atoms with van der Waals surface area (Å²) >= 11 is 0. The third kappa shape index (κ3) is 5.57. The Morgan fingerprint density at radius 1 is 0.384 bits per heavy atom. The molecule has 4 atom stereocenters. The molecule has 2 aromatic heterocycles. The van der Waals surface area contributed by atoms with Gasteiger partial charge in [-0.05, 0) is 176 Å². The van der Waals surface area contributed by atoms with Gasteiger partial charge in [0.15, 0.2) is 0 Å². The van der Waals surface area contributed by atoms with Gasteiger partial charge in [-0.2, -0.15) is 0 Å². The fraction of sp³-hybridized carbons (Fsp3) is 0.275. The van der Waals surface area contributed by atoms with Crippen molar-refractivity contribution in [3.63, 3.8) is 0 Å². The Hall–Kier alpha value is -7.30. The summed E-state index contributed by atoms with van der Waals surface area (Å²) in [4.78, 5) is 15.6. The van der Waals surface area contributed by atoms with Crippen molar-refractivity contribution in [3.05, 3.63) is 192 Å². The minimum Gasteiger partial charge on any atom is -0.319 e. The number of anilines is 4. The zero-order valence-corrected chi connectivity index (χ0v) is 43.1. The van der Waals surface area contributed by atoms with Gasteiger partial charge in [0.1, 0.15) is 11.6 Å². The van der Waals surface area contributed by atoms with Crippen LogP contribution in [0.3, 0.4) is 0 Å². The highest BCUT2D eigenvalue weighted by Gasteiger charge is 2.59. The van der Waals surface area contributed by atoms with E-state index in [9.17, 15) is 0 Å². The Kier molecular flexibility index (Phi) is 8.84. The molecule has 10 aromatic rings. The molecule has 4 nitrogen and oxygen atoms in total. The SMILES string of the molecule is CC1(C)c2cc(-c3ccc4c(c3)C3(C)CCCCC3(C)N4c3nccc4ccccc34)ccc2-c2c1c1ccc(-c3ccc4c(c3)C3(C)CCCCC3(C)N4c3nccc4ccccc34)cc1c1ccccc21. The molecule has 358 valence electrons. The summed E-state index contributed by atoms with van der Waals surface area (Å²) in [7, 11) is 0. The molecule has 0 bridgehead atoms. The van der Waals surface area contributed by atoms with E-state index >= 15 is 0 Å². The standard InChI is InChI=1S/C69H62N4/c1-65(2)56-40-46(48-26-30-60-58(42-48)67(4)34-14-16-36-69(67,6)73(60)64-50-20-10-8-18-44(50)32-38-71-64)24-28-54(56)61-52-22-12-11-21-51(52)55-39-45(23-27-53(55)62(61)65)47-25-29-59-57(41-47)66(3)33-13-15-35-68(66,5)72(59)63-49-19-9-7-17-43(49)31-37-70-63/h7-12,17-32,37-42H,13-16,33-36H2,1-6H3. The molecule has 0 saturated heterocycles. The van der Waals surface area contributed by atoms with Crippen LogP contribution in [0.2, 0.25) is 0 Å². The summed E-state index contributed by atoms with van der Waals surface area (Å²) in [6, 6.07) is 60.5. The van der Waals surface area contributed by atoms with Gasteiger partial charge in [0.05, 0.1) is 11.1 Å². The van der Waals surface area contributed by atoms with Gasteiger partial charge in [-0.25, -0.2) is 9.97 Å². The first-order valence-corrected chi connectivity index (χ1v) is 27.1. The minimum absolute atomic E-state index is 0.0122. The van der Waals surface area contributed by atoms with Gasteiger partial charge < -0.3 is 9.80 Å². The molecule has 5 aliphatic rings. The van der Waals surface area contributed by atoms with Gasteiger partial charge in [0.25, 0.3) is 0 Å². The van der Waals surface area contributed by atoms with Crippen LogP contribution in [0.25, 0.3) is 76.5 Å². The van der Waals surface area contributed by atoms with E-state index in [4.69, 9.17) is 9.97 Å². The Morgan fingerprint density at radius 3 is 1.40 bits per heavy atom. The second-order valence-corrected chi connectivity index (χ2v) is 23.9. The lowest BCUT2D eigenvalue weighted by Crippen LogP contribution is -2.54.